The molecule has 1 amide bonds. The molecule has 1 rings (SSSR count). The second-order valence-electron chi connectivity index (χ2n) is 4.46. The van der Waals surface area contributed by atoms with Crippen LogP contribution in [-0.4, -0.2) is 34.8 Å². The molecule has 20 heavy (non-hydrogen) atoms. The summed E-state index contributed by atoms with van der Waals surface area (Å²) in [7, 11) is -0.847. The van der Waals surface area contributed by atoms with Crippen LogP contribution in [0.2, 0.25) is 0 Å². The molecule has 6 heteroatoms. The van der Waals surface area contributed by atoms with Crippen LogP contribution >= 0.6 is 0 Å². The summed E-state index contributed by atoms with van der Waals surface area (Å²) in [6.07, 6.45) is 2.31. The van der Waals surface area contributed by atoms with Gasteiger partial charge in [-0.05, 0) is 37.6 Å². The Morgan fingerprint density at radius 1 is 1.45 bits per heavy atom. The van der Waals surface area contributed by atoms with Gasteiger partial charge in [-0.25, -0.2) is 0 Å². The summed E-state index contributed by atoms with van der Waals surface area (Å²) in [6.45, 7) is 1.79. The molecule has 0 heterocycles. The maximum Gasteiger partial charge on any atom is 0.258 e. The van der Waals surface area contributed by atoms with E-state index in [1.54, 1.807) is 30.5 Å². The smallest absolute Gasteiger partial charge is 0.258 e. The van der Waals surface area contributed by atoms with Crippen molar-refractivity contribution in [2.45, 2.75) is 19.4 Å². The zero-order valence-corrected chi connectivity index (χ0v) is 12.4. The average molecular weight is 294 g/mol. The quantitative estimate of drug-likeness (QED) is 0.820. The van der Waals surface area contributed by atoms with Crippen LogP contribution in [0.3, 0.4) is 0 Å². The van der Waals surface area contributed by atoms with Gasteiger partial charge in [0.25, 0.3) is 5.91 Å². The lowest BCUT2D eigenvalue weighted by molar-refractivity contribution is -0.123. The van der Waals surface area contributed by atoms with E-state index in [-0.39, 0.29) is 18.6 Å². The summed E-state index contributed by atoms with van der Waals surface area (Å²) < 4.78 is 16.3. The van der Waals surface area contributed by atoms with Gasteiger partial charge < -0.3 is 10.1 Å². The van der Waals surface area contributed by atoms with Gasteiger partial charge in [0.05, 0.1) is 11.6 Å². The van der Waals surface area contributed by atoms with Crippen molar-refractivity contribution in [3.63, 3.8) is 0 Å². The molecule has 2 unspecified atom stereocenters. The average Bonchev–Trinajstić information content (AvgIpc) is 2.43. The Balaban J connectivity index is 2.32. The molecule has 0 radical (unpaired) electrons. The molecule has 5 nitrogen and oxygen atoms in total. The molecule has 1 N–H and O–H groups in total. The van der Waals surface area contributed by atoms with Crippen LogP contribution in [0.25, 0.3) is 0 Å². The maximum absolute atomic E-state index is 11.6. The van der Waals surface area contributed by atoms with E-state index in [1.165, 1.54) is 0 Å². The first-order valence-electron chi connectivity index (χ1n) is 6.23. The lowest BCUT2D eigenvalue weighted by Gasteiger charge is -2.13. The molecule has 0 spiro atoms. The van der Waals surface area contributed by atoms with Crippen LogP contribution in [0.5, 0.6) is 5.75 Å². The van der Waals surface area contributed by atoms with Crippen molar-refractivity contribution >= 4 is 16.7 Å². The predicted molar refractivity (Wildman–Crippen MR) is 77.8 cm³/mol. The molecule has 0 aliphatic carbocycles. The van der Waals surface area contributed by atoms with Crippen LogP contribution < -0.4 is 10.1 Å². The summed E-state index contributed by atoms with van der Waals surface area (Å²) in [5.74, 6) is 0.892. The Kier molecular flexibility index (Phi) is 6.74. The Bertz CT molecular complexity index is 508. The largest absolute Gasteiger partial charge is 0.484 e. The van der Waals surface area contributed by atoms with Gasteiger partial charge in [0.15, 0.2) is 6.61 Å². The van der Waals surface area contributed by atoms with Crippen molar-refractivity contribution < 1.29 is 13.7 Å². The molecule has 0 aliphatic heterocycles. The van der Waals surface area contributed by atoms with E-state index in [1.807, 2.05) is 13.0 Å². The van der Waals surface area contributed by atoms with Crippen molar-refractivity contribution in [1.82, 2.24) is 5.32 Å². The van der Waals surface area contributed by atoms with Crippen LogP contribution in [0.15, 0.2) is 24.3 Å². The van der Waals surface area contributed by atoms with E-state index >= 15 is 0 Å². The van der Waals surface area contributed by atoms with Gasteiger partial charge in [-0.3, -0.25) is 9.00 Å². The fourth-order valence-corrected chi connectivity index (χ4v) is 2.19. The molecule has 0 fully saturated rings. The fourth-order valence-electron chi connectivity index (χ4n) is 1.51. The molecule has 1 aromatic carbocycles. The minimum atomic E-state index is -0.847. The number of amides is 1. The van der Waals surface area contributed by atoms with Crippen molar-refractivity contribution in [2.75, 3.05) is 18.6 Å². The van der Waals surface area contributed by atoms with Gasteiger partial charge in [-0.15, -0.1) is 0 Å². The van der Waals surface area contributed by atoms with Crippen molar-refractivity contribution in [3.05, 3.63) is 29.8 Å². The first-order chi connectivity index (χ1) is 9.51. The van der Waals surface area contributed by atoms with E-state index in [2.05, 4.69) is 5.32 Å². The summed E-state index contributed by atoms with van der Waals surface area (Å²) in [6, 6.07) is 8.54. The third-order valence-corrected chi connectivity index (χ3v) is 3.41. The van der Waals surface area contributed by atoms with Gasteiger partial charge in [0.1, 0.15) is 5.75 Å². The van der Waals surface area contributed by atoms with Crippen LogP contribution in [-0.2, 0) is 15.6 Å². The number of nitriles is 1. The molecule has 1 aromatic rings. The lowest BCUT2D eigenvalue weighted by Crippen LogP contribution is -2.36. The van der Waals surface area contributed by atoms with E-state index in [0.29, 0.717) is 23.5 Å². The van der Waals surface area contributed by atoms with E-state index in [4.69, 9.17) is 10.00 Å². The number of benzene rings is 1. The highest BCUT2D eigenvalue weighted by Crippen LogP contribution is 2.11. The molecule has 0 aromatic heterocycles. The highest BCUT2D eigenvalue weighted by atomic mass is 32.2. The summed E-state index contributed by atoms with van der Waals surface area (Å²) >= 11 is 0. The van der Waals surface area contributed by atoms with Gasteiger partial charge in [-0.1, -0.05) is 0 Å². The molecular formula is C14H18N2O3S. The second-order valence-corrected chi connectivity index (χ2v) is 6.01. The Hall–Kier alpha value is -1.87. The standard InChI is InChI=1S/C14H18N2O3S/c1-11(7-8-20(2)18)16-14(17)10-19-13-5-3-12(9-15)4-6-13/h3-6,11H,7-8,10H2,1-2H3,(H,16,17). The van der Waals surface area contributed by atoms with Crippen LogP contribution in [0.4, 0.5) is 0 Å². The van der Waals surface area contributed by atoms with Crippen molar-refractivity contribution in [2.24, 2.45) is 0 Å². The molecular weight excluding hydrogens is 276 g/mol. The summed E-state index contributed by atoms with van der Waals surface area (Å²) in [5.41, 5.74) is 0.544. The Labute approximate surface area is 121 Å². The Morgan fingerprint density at radius 2 is 2.10 bits per heavy atom. The molecule has 0 saturated heterocycles. The van der Waals surface area contributed by atoms with Crippen LogP contribution in [0, 0.1) is 11.3 Å². The normalized spacial score (nSPS) is 13.1. The number of carbonyl (C=O) groups excluding carboxylic acids is 1. The van der Waals surface area contributed by atoms with Crippen molar-refractivity contribution in [1.29, 1.82) is 5.26 Å². The number of nitrogens with zero attached hydrogens (tertiary/aromatic N) is 1. The predicted octanol–water partition coefficient (Wildman–Crippen LogP) is 1.21. The zero-order chi connectivity index (χ0) is 15.0. The number of ether oxygens (including phenoxy) is 1. The topological polar surface area (TPSA) is 79.2 Å². The van der Waals surface area contributed by atoms with Gasteiger partial charge in [0, 0.05) is 28.9 Å². The van der Waals surface area contributed by atoms with Gasteiger partial charge in [-0.2, -0.15) is 5.26 Å². The second kappa shape index (κ2) is 8.33. The highest BCUT2D eigenvalue weighted by molar-refractivity contribution is 7.84. The van der Waals surface area contributed by atoms with E-state index in [9.17, 15) is 9.00 Å². The SMILES string of the molecule is CC(CCS(C)=O)NC(=O)COc1ccc(C#N)cc1. The summed E-state index contributed by atoms with van der Waals surface area (Å²) in [5, 5.41) is 11.4. The fraction of sp³-hybridized carbons (Fsp3) is 0.429. The summed E-state index contributed by atoms with van der Waals surface area (Å²) in [4.78, 5) is 11.6. The Morgan fingerprint density at radius 3 is 2.65 bits per heavy atom. The number of rotatable bonds is 7. The van der Waals surface area contributed by atoms with Crippen molar-refractivity contribution in [3.8, 4) is 11.8 Å². The first kappa shape index (κ1) is 16.2. The zero-order valence-electron chi connectivity index (χ0n) is 11.6. The minimum Gasteiger partial charge on any atom is -0.484 e. The molecule has 0 bridgehead atoms. The molecule has 2 atom stereocenters. The van der Waals surface area contributed by atoms with E-state index in [0.717, 1.165) is 0 Å². The number of hydrogen-bond donors (Lipinski definition) is 1. The first-order valence-corrected chi connectivity index (χ1v) is 7.96. The highest BCUT2D eigenvalue weighted by Gasteiger charge is 2.08. The lowest BCUT2D eigenvalue weighted by atomic mass is 10.2. The maximum atomic E-state index is 11.6. The van der Waals surface area contributed by atoms with Gasteiger partial charge >= 0.3 is 0 Å². The van der Waals surface area contributed by atoms with Gasteiger partial charge in [0.2, 0.25) is 0 Å². The minimum absolute atomic E-state index is 0.0315. The monoisotopic (exact) mass is 294 g/mol. The third-order valence-electron chi connectivity index (χ3n) is 2.60. The third kappa shape index (κ3) is 6.34. The molecule has 0 aliphatic rings. The molecule has 0 saturated carbocycles. The number of hydrogen-bond acceptors (Lipinski definition) is 4. The number of carbonyl (C=O) groups is 1. The van der Waals surface area contributed by atoms with Crippen LogP contribution in [0.1, 0.15) is 18.9 Å². The number of nitrogens with one attached hydrogen (secondary N) is 1. The van der Waals surface area contributed by atoms with E-state index < -0.39 is 10.8 Å². The molecule has 108 valence electrons.